The maximum Gasteiger partial charge on any atom is 0.309 e. The fourth-order valence-corrected chi connectivity index (χ4v) is 2.96. The van der Waals surface area contributed by atoms with Crippen LogP contribution in [0.3, 0.4) is 0 Å². The molecule has 5 nitrogen and oxygen atoms in total. The number of carbonyl (C=O) groups is 2. The number of fused-ring (bicyclic) bond motifs is 1. The molecule has 2 aromatic rings. The van der Waals surface area contributed by atoms with Gasteiger partial charge in [0.1, 0.15) is 6.10 Å². The van der Waals surface area contributed by atoms with Crippen molar-refractivity contribution in [1.29, 1.82) is 0 Å². The number of carbonyl (C=O) groups excluding carboxylic acids is 2. The van der Waals surface area contributed by atoms with E-state index >= 15 is 0 Å². The molecule has 2 N–H and O–H groups in total. The fraction of sp³-hybridized carbons (Fsp3) is 0.300. The monoisotopic (exact) mass is 338 g/mol. The first-order chi connectivity index (χ1) is 12.2. The van der Waals surface area contributed by atoms with Gasteiger partial charge < -0.3 is 15.4 Å². The summed E-state index contributed by atoms with van der Waals surface area (Å²) in [7, 11) is 0. The van der Waals surface area contributed by atoms with Crippen LogP contribution in [0, 0.1) is 0 Å². The molecule has 130 valence electrons. The first-order valence-electron chi connectivity index (χ1n) is 8.53. The molecular weight excluding hydrogens is 316 g/mol. The van der Waals surface area contributed by atoms with Gasteiger partial charge in [0.15, 0.2) is 0 Å². The average molecular weight is 338 g/mol. The summed E-state index contributed by atoms with van der Waals surface area (Å²) in [4.78, 5) is 23.8. The predicted molar refractivity (Wildman–Crippen MR) is 95.0 cm³/mol. The summed E-state index contributed by atoms with van der Waals surface area (Å²) >= 11 is 0. The Hall–Kier alpha value is -2.66. The second-order valence-electron chi connectivity index (χ2n) is 6.01. The van der Waals surface area contributed by atoms with Crippen LogP contribution in [0.2, 0.25) is 0 Å². The summed E-state index contributed by atoms with van der Waals surface area (Å²) in [6.45, 7) is 1.35. The minimum absolute atomic E-state index is 0.203. The highest BCUT2D eigenvalue weighted by Gasteiger charge is 2.22. The van der Waals surface area contributed by atoms with E-state index in [0.717, 1.165) is 17.5 Å². The van der Waals surface area contributed by atoms with Crippen LogP contribution in [0.15, 0.2) is 54.6 Å². The van der Waals surface area contributed by atoms with Gasteiger partial charge in [-0.2, -0.15) is 0 Å². The van der Waals surface area contributed by atoms with Crippen LogP contribution in [0.25, 0.3) is 0 Å². The molecule has 0 saturated carbocycles. The molecular formula is C20H22N2O3. The number of hydrogen-bond acceptors (Lipinski definition) is 3. The Morgan fingerprint density at radius 3 is 2.52 bits per heavy atom. The van der Waals surface area contributed by atoms with Crippen LogP contribution in [0.1, 0.15) is 22.8 Å². The lowest BCUT2D eigenvalue weighted by Crippen LogP contribution is -2.42. The predicted octanol–water partition coefficient (Wildman–Crippen LogP) is 1.78. The van der Waals surface area contributed by atoms with Crippen LogP contribution in [0.5, 0.6) is 0 Å². The molecule has 3 rings (SSSR count). The third-order valence-electron chi connectivity index (χ3n) is 4.29. The number of hydrogen-bond donors (Lipinski definition) is 2. The van der Waals surface area contributed by atoms with E-state index in [4.69, 9.17) is 4.74 Å². The van der Waals surface area contributed by atoms with Crippen molar-refractivity contribution in [2.45, 2.75) is 18.9 Å². The largest absolute Gasteiger partial charge is 0.371 e. The quantitative estimate of drug-likeness (QED) is 0.817. The van der Waals surface area contributed by atoms with Crippen molar-refractivity contribution in [2.24, 2.45) is 0 Å². The van der Waals surface area contributed by atoms with Crippen LogP contribution in [0.4, 0.5) is 0 Å². The minimum Gasteiger partial charge on any atom is -0.371 e. The summed E-state index contributed by atoms with van der Waals surface area (Å²) in [5, 5.41) is 5.31. The topological polar surface area (TPSA) is 67.4 Å². The maximum absolute atomic E-state index is 12.0. The third-order valence-corrected chi connectivity index (χ3v) is 4.29. The van der Waals surface area contributed by atoms with E-state index in [-0.39, 0.29) is 6.10 Å². The Bertz CT molecular complexity index is 731. The van der Waals surface area contributed by atoms with Crippen LogP contribution in [-0.4, -0.2) is 31.5 Å². The van der Waals surface area contributed by atoms with E-state index in [1.165, 1.54) is 5.56 Å². The van der Waals surface area contributed by atoms with Gasteiger partial charge in [-0.05, 0) is 29.5 Å². The van der Waals surface area contributed by atoms with Crippen molar-refractivity contribution < 1.29 is 14.3 Å². The number of amides is 2. The van der Waals surface area contributed by atoms with Crippen molar-refractivity contribution in [3.63, 3.8) is 0 Å². The summed E-state index contributed by atoms with van der Waals surface area (Å²) in [5.41, 5.74) is 3.44. The standard InChI is InChI=1S/C20H22N2O3/c23-19(21-12-10-15-6-2-1-3-7-15)20(24)22-14-18-17-9-5-4-8-16(17)11-13-25-18/h1-9,18H,10-14H2,(H,21,23)(H,22,24). The Morgan fingerprint density at radius 1 is 0.960 bits per heavy atom. The fourth-order valence-electron chi connectivity index (χ4n) is 2.96. The lowest BCUT2D eigenvalue weighted by atomic mass is 9.97. The molecule has 0 aromatic heterocycles. The summed E-state index contributed by atoms with van der Waals surface area (Å²) < 4.78 is 5.73. The molecule has 5 heteroatoms. The number of ether oxygens (including phenoxy) is 1. The van der Waals surface area contributed by atoms with E-state index in [9.17, 15) is 9.59 Å². The Labute approximate surface area is 147 Å². The molecule has 0 spiro atoms. The molecule has 0 saturated heterocycles. The van der Waals surface area contributed by atoms with Crippen molar-refractivity contribution in [2.75, 3.05) is 19.7 Å². The molecule has 1 heterocycles. The smallest absolute Gasteiger partial charge is 0.309 e. The highest BCUT2D eigenvalue weighted by Crippen LogP contribution is 2.26. The lowest BCUT2D eigenvalue weighted by molar-refractivity contribution is -0.139. The normalized spacial score (nSPS) is 15.9. The summed E-state index contributed by atoms with van der Waals surface area (Å²) in [6, 6.07) is 17.9. The highest BCUT2D eigenvalue weighted by molar-refractivity contribution is 6.35. The van der Waals surface area contributed by atoms with Crippen molar-refractivity contribution >= 4 is 11.8 Å². The van der Waals surface area contributed by atoms with Crippen LogP contribution >= 0.6 is 0 Å². The molecule has 25 heavy (non-hydrogen) atoms. The lowest BCUT2D eigenvalue weighted by Gasteiger charge is -2.26. The number of rotatable bonds is 5. The Balaban J connectivity index is 1.44. The second kappa shape index (κ2) is 8.44. The van der Waals surface area contributed by atoms with Gasteiger partial charge in [-0.15, -0.1) is 0 Å². The molecule has 1 atom stereocenters. The summed E-state index contributed by atoms with van der Waals surface area (Å²) in [5.74, 6) is -1.24. The zero-order valence-electron chi connectivity index (χ0n) is 14.0. The van der Waals surface area contributed by atoms with Gasteiger partial charge in [-0.1, -0.05) is 54.6 Å². The van der Waals surface area contributed by atoms with Gasteiger partial charge in [0, 0.05) is 13.1 Å². The van der Waals surface area contributed by atoms with Crippen LogP contribution in [-0.2, 0) is 27.2 Å². The van der Waals surface area contributed by atoms with Gasteiger partial charge in [0.25, 0.3) is 0 Å². The second-order valence-corrected chi connectivity index (χ2v) is 6.01. The van der Waals surface area contributed by atoms with Gasteiger partial charge in [0.05, 0.1) is 6.61 Å². The van der Waals surface area contributed by atoms with E-state index in [0.29, 0.717) is 26.1 Å². The van der Waals surface area contributed by atoms with E-state index in [1.54, 1.807) is 0 Å². The molecule has 0 aliphatic carbocycles. The molecule has 1 aliphatic heterocycles. The first-order valence-corrected chi connectivity index (χ1v) is 8.53. The van der Waals surface area contributed by atoms with E-state index in [2.05, 4.69) is 16.7 Å². The van der Waals surface area contributed by atoms with Crippen LogP contribution < -0.4 is 10.6 Å². The Morgan fingerprint density at radius 2 is 1.68 bits per heavy atom. The summed E-state index contributed by atoms with van der Waals surface area (Å²) in [6.07, 6.45) is 1.37. The van der Waals surface area contributed by atoms with Crippen molar-refractivity contribution in [3.8, 4) is 0 Å². The molecule has 0 fully saturated rings. The number of nitrogens with one attached hydrogen (secondary N) is 2. The van der Waals surface area contributed by atoms with Crippen molar-refractivity contribution in [3.05, 3.63) is 71.3 Å². The van der Waals surface area contributed by atoms with Gasteiger partial charge >= 0.3 is 11.8 Å². The minimum atomic E-state index is -0.625. The average Bonchev–Trinajstić information content (AvgIpc) is 2.66. The van der Waals surface area contributed by atoms with Gasteiger partial charge in [0.2, 0.25) is 0 Å². The maximum atomic E-state index is 12.0. The molecule has 0 bridgehead atoms. The molecule has 2 amide bonds. The Kier molecular flexibility index (Phi) is 5.80. The van der Waals surface area contributed by atoms with Gasteiger partial charge in [-0.3, -0.25) is 9.59 Å². The highest BCUT2D eigenvalue weighted by atomic mass is 16.5. The third kappa shape index (κ3) is 4.67. The van der Waals surface area contributed by atoms with E-state index < -0.39 is 11.8 Å². The molecule has 1 aliphatic rings. The van der Waals surface area contributed by atoms with Crippen molar-refractivity contribution in [1.82, 2.24) is 10.6 Å². The van der Waals surface area contributed by atoms with Gasteiger partial charge in [-0.25, -0.2) is 0 Å². The van der Waals surface area contributed by atoms with E-state index in [1.807, 2.05) is 48.5 Å². The zero-order chi connectivity index (χ0) is 17.5. The number of benzene rings is 2. The molecule has 0 radical (unpaired) electrons. The zero-order valence-corrected chi connectivity index (χ0v) is 14.0. The molecule has 2 aromatic carbocycles. The molecule has 1 unspecified atom stereocenters. The SMILES string of the molecule is O=C(NCCc1ccccc1)C(=O)NCC1OCCc2ccccc21. The first kappa shape index (κ1) is 17.2.